The lowest BCUT2D eigenvalue weighted by Gasteiger charge is -2.36. The molecule has 33 heavy (non-hydrogen) atoms. The van der Waals surface area contributed by atoms with Gasteiger partial charge in [-0.15, -0.1) is 0 Å². The van der Waals surface area contributed by atoms with Crippen molar-refractivity contribution in [1.82, 2.24) is 9.97 Å². The van der Waals surface area contributed by atoms with Crippen molar-refractivity contribution in [2.45, 2.75) is 26.7 Å². The minimum absolute atomic E-state index is 0.103. The van der Waals surface area contributed by atoms with Gasteiger partial charge in [-0.05, 0) is 55.7 Å². The molecule has 2 aromatic carbocycles. The number of piperazine rings is 1. The number of aryl methyl sites for hydroxylation is 1. The van der Waals surface area contributed by atoms with Crippen LogP contribution in [0.2, 0.25) is 0 Å². The number of benzene rings is 2. The molecule has 1 aliphatic heterocycles. The summed E-state index contributed by atoms with van der Waals surface area (Å²) in [5.41, 5.74) is 4.56. The molecule has 0 bridgehead atoms. The van der Waals surface area contributed by atoms with Crippen LogP contribution in [0.3, 0.4) is 0 Å². The second-order valence-corrected chi connectivity index (χ2v) is 9.07. The number of hydrogen-bond acceptors (Lipinski definition) is 6. The topological polar surface area (TPSA) is 61.4 Å². The van der Waals surface area contributed by atoms with Crippen LogP contribution in [-0.2, 0) is 6.42 Å². The number of aromatic nitrogens is 2. The van der Waals surface area contributed by atoms with Crippen LogP contribution >= 0.6 is 0 Å². The Morgan fingerprint density at radius 1 is 0.909 bits per heavy atom. The largest absolute Gasteiger partial charge is 0.368 e. The summed E-state index contributed by atoms with van der Waals surface area (Å²) in [5, 5.41) is 3.38. The Bertz CT molecular complexity index is 1150. The summed E-state index contributed by atoms with van der Waals surface area (Å²) in [6.45, 7) is 7.24. The summed E-state index contributed by atoms with van der Waals surface area (Å²) in [5.74, 6) is 1.40. The second kappa shape index (κ2) is 8.81. The van der Waals surface area contributed by atoms with Gasteiger partial charge in [-0.3, -0.25) is 4.79 Å². The van der Waals surface area contributed by atoms with E-state index in [4.69, 9.17) is 9.97 Å². The molecule has 1 unspecified atom stereocenters. The Morgan fingerprint density at radius 2 is 1.58 bits per heavy atom. The van der Waals surface area contributed by atoms with Crippen LogP contribution in [0.15, 0.2) is 48.5 Å². The van der Waals surface area contributed by atoms with Crippen molar-refractivity contribution >= 4 is 28.9 Å². The molecule has 0 saturated carbocycles. The van der Waals surface area contributed by atoms with E-state index in [0.29, 0.717) is 23.8 Å². The minimum atomic E-state index is -0.225. The highest BCUT2D eigenvalue weighted by molar-refractivity contribution is 6.03. The van der Waals surface area contributed by atoms with Crippen molar-refractivity contribution in [2.75, 3.05) is 41.3 Å². The first-order chi connectivity index (χ1) is 16.0. The predicted octanol–water partition coefficient (Wildman–Crippen LogP) is 4.76. The van der Waals surface area contributed by atoms with Crippen molar-refractivity contribution in [2.24, 2.45) is 5.92 Å². The first-order valence-corrected chi connectivity index (χ1v) is 11.5. The second-order valence-electron chi connectivity index (χ2n) is 9.07. The smallest absolute Gasteiger partial charge is 0.227 e. The number of nitrogens with one attached hydrogen (secondary N) is 1. The van der Waals surface area contributed by atoms with Crippen molar-refractivity contribution in [3.63, 3.8) is 0 Å². The Morgan fingerprint density at radius 3 is 2.27 bits per heavy atom. The Hall–Kier alpha value is -3.48. The lowest BCUT2D eigenvalue weighted by molar-refractivity contribution is 0.0952. The average molecular weight is 446 g/mol. The average Bonchev–Trinajstić information content (AvgIpc) is 2.80. The molecule has 1 aliphatic carbocycles. The van der Waals surface area contributed by atoms with Gasteiger partial charge < -0.3 is 15.1 Å². The van der Waals surface area contributed by atoms with Crippen molar-refractivity contribution in [3.8, 4) is 0 Å². The van der Waals surface area contributed by atoms with Crippen molar-refractivity contribution in [3.05, 3.63) is 71.2 Å². The van der Waals surface area contributed by atoms with E-state index >= 15 is 0 Å². The molecule has 7 heteroatoms. The molecule has 1 aromatic heterocycles. The van der Waals surface area contributed by atoms with Gasteiger partial charge in [0.25, 0.3) is 0 Å². The van der Waals surface area contributed by atoms with Gasteiger partial charge in [-0.1, -0.05) is 24.6 Å². The van der Waals surface area contributed by atoms with Gasteiger partial charge in [0.1, 0.15) is 11.6 Å². The van der Waals surface area contributed by atoms with E-state index in [1.807, 2.05) is 43.3 Å². The maximum atomic E-state index is 13.3. The molecule has 1 saturated heterocycles. The Labute approximate surface area is 193 Å². The van der Waals surface area contributed by atoms with Crippen molar-refractivity contribution in [1.29, 1.82) is 0 Å². The Balaban J connectivity index is 1.42. The summed E-state index contributed by atoms with van der Waals surface area (Å²) < 4.78 is 13.3. The standard InChI is InChI=1S/C26H28FN5O/c1-17-3-7-20(8-4-17)28-25-24-22(15-18(2)16-23(24)33)29-26(30-25)32-13-11-31(12-14-32)21-9-5-19(27)6-10-21/h3-10,18H,11-16H2,1-2H3,(H,28,29,30). The van der Waals surface area contributed by atoms with Gasteiger partial charge in [-0.2, -0.15) is 4.98 Å². The normalized spacial score (nSPS) is 18.3. The Kier molecular flexibility index (Phi) is 5.70. The summed E-state index contributed by atoms with van der Waals surface area (Å²) in [4.78, 5) is 27.0. The fraction of sp³-hybridized carbons (Fsp3) is 0.346. The zero-order chi connectivity index (χ0) is 22.9. The van der Waals surface area contributed by atoms with Gasteiger partial charge in [0.15, 0.2) is 5.78 Å². The molecular formula is C26H28FN5O. The van der Waals surface area contributed by atoms with E-state index in [1.165, 1.54) is 17.7 Å². The van der Waals surface area contributed by atoms with Gasteiger partial charge in [0.05, 0.1) is 11.3 Å². The van der Waals surface area contributed by atoms with Crippen LogP contribution in [0.4, 0.5) is 27.5 Å². The fourth-order valence-corrected chi connectivity index (χ4v) is 4.58. The first kappa shape index (κ1) is 21.4. The van der Waals surface area contributed by atoms with Gasteiger partial charge in [-0.25, -0.2) is 9.37 Å². The molecule has 0 spiro atoms. The zero-order valence-electron chi connectivity index (χ0n) is 19.0. The molecule has 2 aliphatic rings. The molecule has 6 nitrogen and oxygen atoms in total. The van der Waals surface area contributed by atoms with Crippen LogP contribution < -0.4 is 15.1 Å². The van der Waals surface area contributed by atoms with Crippen LogP contribution in [0.1, 0.15) is 35.0 Å². The maximum absolute atomic E-state index is 13.3. The van der Waals surface area contributed by atoms with Gasteiger partial charge >= 0.3 is 0 Å². The number of carbonyl (C=O) groups is 1. The van der Waals surface area contributed by atoms with Crippen LogP contribution in [-0.4, -0.2) is 41.9 Å². The molecule has 3 aromatic rings. The number of carbonyl (C=O) groups excluding carboxylic acids is 1. The van der Waals surface area contributed by atoms with Gasteiger partial charge in [0.2, 0.25) is 5.95 Å². The number of ketones is 1. The summed E-state index contributed by atoms with van der Waals surface area (Å²) in [7, 11) is 0. The van der Waals surface area contributed by atoms with E-state index < -0.39 is 0 Å². The fourth-order valence-electron chi connectivity index (χ4n) is 4.58. The number of rotatable bonds is 4. The van der Waals surface area contributed by atoms with E-state index in [2.05, 4.69) is 22.0 Å². The molecular weight excluding hydrogens is 417 g/mol. The number of nitrogens with zero attached hydrogens (tertiary/aromatic N) is 4. The van der Waals surface area contributed by atoms with Crippen LogP contribution in [0, 0.1) is 18.7 Å². The lowest BCUT2D eigenvalue weighted by Crippen LogP contribution is -2.47. The third-order valence-electron chi connectivity index (χ3n) is 6.40. The summed E-state index contributed by atoms with van der Waals surface area (Å²) in [6.07, 6.45) is 1.29. The number of halogens is 1. The maximum Gasteiger partial charge on any atom is 0.227 e. The predicted molar refractivity (Wildman–Crippen MR) is 129 cm³/mol. The van der Waals surface area contributed by atoms with E-state index in [0.717, 1.165) is 49.7 Å². The third kappa shape index (κ3) is 4.53. The molecule has 1 fully saturated rings. The third-order valence-corrected chi connectivity index (χ3v) is 6.40. The highest BCUT2D eigenvalue weighted by atomic mass is 19.1. The lowest BCUT2D eigenvalue weighted by atomic mass is 9.87. The zero-order valence-corrected chi connectivity index (χ0v) is 19.0. The van der Waals surface area contributed by atoms with E-state index in [9.17, 15) is 9.18 Å². The number of anilines is 4. The quantitative estimate of drug-likeness (QED) is 0.625. The number of Topliss-reactive ketones (excluding diaryl/α,β-unsaturated/α-hetero) is 1. The highest BCUT2D eigenvalue weighted by Crippen LogP contribution is 2.32. The van der Waals surface area contributed by atoms with Gasteiger partial charge in [0, 0.05) is 44.0 Å². The highest BCUT2D eigenvalue weighted by Gasteiger charge is 2.30. The molecule has 5 rings (SSSR count). The number of hydrogen-bond donors (Lipinski definition) is 1. The molecule has 170 valence electrons. The minimum Gasteiger partial charge on any atom is -0.368 e. The van der Waals surface area contributed by atoms with Crippen LogP contribution in [0.25, 0.3) is 0 Å². The molecule has 1 N–H and O–H groups in total. The summed E-state index contributed by atoms with van der Waals surface area (Å²) >= 11 is 0. The van der Waals surface area contributed by atoms with Crippen molar-refractivity contribution < 1.29 is 9.18 Å². The monoisotopic (exact) mass is 445 g/mol. The summed E-state index contributed by atoms with van der Waals surface area (Å²) in [6, 6.07) is 14.7. The number of fused-ring (bicyclic) bond motifs is 1. The molecule has 1 atom stereocenters. The molecule has 0 amide bonds. The van der Waals surface area contributed by atoms with E-state index in [1.54, 1.807) is 0 Å². The first-order valence-electron chi connectivity index (χ1n) is 11.5. The van der Waals surface area contributed by atoms with Crippen LogP contribution in [0.5, 0.6) is 0 Å². The molecule has 2 heterocycles. The van der Waals surface area contributed by atoms with E-state index in [-0.39, 0.29) is 17.5 Å². The molecule has 0 radical (unpaired) electrons. The SMILES string of the molecule is Cc1ccc(Nc2nc(N3CCN(c4ccc(F)cc4)CC3)nc3c2C(=O)CC(C)C3)cc1.